The third-order valence-electron chi connectivity index (χ3n) is 4.04. The van der Waals surface area contributed by atoms with Crippen LogP contribution >= 0.6 is 24.8 Å². The minimum Gasteiger partial charge on any atom is -0.353 e. The maximum absolute atomic E-state index is 4.19. The molecule has 2 aromatic rings. The highest BCUT2D eigenvalue weighted by molar-refractivity contribution is 5.85. The Kier molecular flexibility index (Phi) is 8.92. The van der Waals surface area contributed by atoms with Gasteiger partial charge in [-0.1, -0.05) is 30.3 Å². The summed E-state index contributed by atoms with van der Waals surface area (Å²) in [5, 5.41) is 8.14. The molecule has 1 saturated heterocycles. The van der Waals surface area contributed by atoms with E-state index in [1.165, 1.54) is 24.9 Å². The number of nitrogens with zero attached hydrogens (tertiary/aromatic N) is 4. The van der Waals surface area contributed by atoms with Gasteiger partial charge in [0.1, 0.15) is 0 Å². The van der Waals surface area contributed by atoms with E-state index in [1.807, 2.05) is 12.1 Å². The number of halogens is 2. The van der Waals surface area contributed by atoms with Crippen molar-refractivity contribution in [3.63, 3.8) is 0 Å². The van der Waals surface area contributed by atoms with Crippen molar-refractivity contribution in [1.29, 1.82) is 0 Å². The molecule has 1 aliphatic heterocycles. The van der Waals surface area contributed by atoms with Gasteiger partial charge in [-0.15, -0.1) is 29.9 Å². The first-order valence-corrected chi connectivity index (χ1v) is 7.71. The summed E-state index contributed by atoms with van der Waals surface area (Å²) in [6, 6.07) is 14.7. The summed E-state index contributed by atoms with van der Waals surface area (Å²) in [6.45, 7) is 5.51. The SMILES string of the molecule is Cl.Cl.c1ccc(CCCN2CCN(c3cccnn3)CC2)cc1. The van der Waals surface area contributed by atoms with E-state index in [0.29, 0.717) is 0 Å². The number of piperazine rings is 1. The Morgan fingerprint density at radius 1 is 0.870 bits per heavy atom. The van der Waals surface area contributed by atoms with E-state index < -0.39 is 0 Å². The molecular weight excluding hydrogens is 331 g/mol. The lowest BCUT2D eigenvalue weighted by Crippen LogP contribution is -2.47. The van der Waals surface area contributed by atoms with Gasteiger partial charge in [0.2, 0.25) is 0 Å². The van der Waals surface area contributed by atoms with Crippen molar-refractivity contribution in [1.82, 2.24) is 15.1 Å². The van der Waals surface area contributed by atoms with Crippen LogP contribution in [0.4, 0.5) is 5.82 Å². The van der Waals surface area contributed by atoms with E-state index >= 15 is 0 Å². The van der Waals surface area contributed by atoms with Crippen LogP contribution < -0.4 is 4.90 Å². The van der Waals surface area contributed by atoms with Crippen LogP contribution in [0, 0.1) is 0 Å². The van der Waals surface area contributed by atoms with Gasteiger partial charge in [0.05, 0.1) is 0 Å². The quantitative estimate of drug-likeness (QED) is 0.825. The van der Waals surface area contributed by atoms with Gasteiger partial charge in [-0.2, -0.15) is 5.10 Å². The van der Waals surface area contributed by atoms with Crippen LogP contribution in [-0.4, -0.2) is 47.8 Å². The molecular formula is C17H24Cl2N4. The van der Waals surface area contributed by atoms with E-state index in [4.69, 9.17) is 0 Å². The summed E-state index contributed by atoms with van der Waals surface area (Å²) < 4.78 is 0. The molecule has 0 N–H and O–H groups in total. The fourth-order valence-corrected chi connectivity index (χ4v) is 2.81. The van der Waals surface area contributed by atoms with Crippen LogP contribution in [0.15, 0.2) is 48.7 Å². The fraction of sp³-hybridized carbons (Fsp3) is 0.412. The van der Waals surface area contributed by atoms with Crippen LogP contribution in [0.25, 0.3) is 0 Å². The van der Waals surface area contributed by atoms with Gasteiger partial charge in [0.15, 0.2) is 5.82 Å². The Morgan fingerprint density at radius 2 is 1.61 bits per heavy atom. The molecule has 1 fully saturated rings. The Hall–Kier alpha value is -1.36. The molecule has 3 rings (SSSR count). The molecule has 23 heavy (non-hydrogen) atoms. The summed E-state index contributed by atoms with van der Waals surface area (Å²) in [5.41, 5.74) is 1.44. The maximum atomic E-state index is 4.19. The molecule has 1 aliphatic rings. The minimum absolute atomic E-state index is 0. The lowest BCUT2D eigenvalue weighted by molar-refractivity contribution is 0.254. The van der Waals surface area contributed by atoms with Crippen molar-refractivity contribution >= 4 is 30.6 Å². The molecule has 6 heteroatoms. The van der Waals surface area contributed by atoms with Crippen LogP contribution in [0.3, 0.4) is 0 Å². The Balaban J connectivity index is 0.00000132. The zero-order valence-corrected chi connectivity index (χ0v) is 14.8. The van der Waals surface area contributed by atoms with Crippen LogP contribution in [0.2, 0.25) is 0 Å². The Labute approximate surface area is 150 Å². The first-order chi connectivity index (χ1) is 10.4. The number of hydrogen-bond acceptors (Lipinski definition) is 4. The first kappa shape index (κ1) is 19.7. The maximum Gasteiger partial charge on any atom is 0.151 e. The summed E-state index contributed by atoms with van der Waals surface area (Å²) in [5.74, 6) is 1.00. The van der Waals surface area contributed by atoms with Crippen molar-refractivity contribution in [2.45, 2.75) is 12.8 Å². The largest absolute Gasteiger partial charge is 0.353 e. The van der Waals surface area contributed by atoms with Gasteiger partial charge >= 0.3 is 0 Å². The summed E-state index contributed by atoms with van der Waals surface area (Å²) in [7, 11) is 0. The topological polar surface area (TPSA) is 32.3 Å². The fourth-order valence-electron chi connectivity index (χ4n) is 2.81. The van der Waals surface area contributed by atoms with Gasteiger partial charge in [-0.05, 0) is 37.1 Å². The second kappa shape index (κ2) is 10.4. The molecule has 0 unspecified atom stereocenters. The molecule has 2 heterocycles. The van der Waals surface area contributed by atoms with E-state index in [1.54, 1.807) is 6.20 Å². The molecule has 0 atom stereocenters. The summed E-state index contributed by atoms with van der Waals surface area (Å²) in [6.07, 6.45) is 4.13. The number of rotatable bonds is 5. The van der Waals surface area contributed by atoms with Crippen molar-refractivity contribution < 1.29 is 0 Å². The molecule has 0 radical (unpaired) electrons. The zero-order valence-electron chi connectivity index (χ0n) is 13.2. The van der Waals surface area contributed by atoms with Gasteiger partial charge in [-0.3, -0.25) is 4.90 Å². The van der Waals surface area contributed by atoms with Crippen LogP contribution in [0.1, 0.15) is 12.0 Å². The van der Waals surface area contributed by atoms with Gasteiger partial charge in [0.25, 0.3) is 0 Å². The molecule has 4 nitrogen and oxygen atoms in total. The second-order valence-corrected chi connectivity index (χ2v) is 5.50. The molecule has 126 valence electrons. The minimum atomic E-state index is 0. The highest BCUT2D eigenvalue weighted by Gasteiger charge is 2.17. The average Bonchev–Trinajstić information content (AvgIpc) is 2.57. The van der Waals surface area contributed by atoms with Crippen LogP contribution in [-0.2, 0) is 6.42 Å². The average molecular weight is 355 g/mol. The molecule has 0 saturated carbocycles. The zero-order chi connectivity index (χ0) is 14.3. The third kappa shape index (κ3) is 5.98. The Morgan fingerprint density at radius 3 is 2.26 bits per heavy atom. The first-order valence-electron chi connectivity index (χ1n) is 7.71. The summed E-state index contributed by atoms with van der Waals surface area (Å²) in [4.78, 5) is 4.87. The molecule has 0 bridgehead atoms. The third-order valence-corrected chi connectivity index (χ3v) is 4.04. The van der Waals surface area contributed by atoms with Gasteiger partial charge in [0, 0.05) is 32.4 Å². The highest BCUT2D eigenvalue weighted by atomic mass is 35.5. The molecule has 0 spiro atoms. The smallest absolute Gasteiger partial charge is 0.151 e. The number of aromatic nitrogens is 2. The van der Waals surface area contributed by atoms with E-state index in [0.717, 1.165) is 32.0 Å². The van der Waals surface area contributed by atoms with Crippen molar-refractivity contribution in [3.05, 3.63) is 54.2 Å². The second-order valence-electron chi connectivity index (χ2n) is 5.50. The predicted octanol–water partition coefficient (Wildman–Crippen LogP) is 3.08. The van der Waals surface area contributed by atoms with Crippen molar-refractivity contribution in [3.8, 4) is 0 Å². The van der Waals surface area contributed by atoms with Crippen LogP contribution in [0.5, 0.6) is 0 Å². The number of hydrogen-bond donors (Lipinski definition) is 0. The van der Waals surface area contributed by atoms with E-state index in [-0.39, 0.29) is 24.8 Å². The molecule has 0 amide bonds. The van der Waals surface area contributed by atoms with Gasteiger partial charge < -0.3 is 4.90 Å². The molecule has 1 aromatic carbocycles. The van der Waals surface area contributed by atoms with E-state index in [9.17, 15) is 0 Å². The number of aryl methyl sites for hydroxylation is 1. The highest BCUT2D eigenvalue weighted by Crippen LogP contribution is 2.12. The van der Waals surface area contributed by atoms with Crippen molar-refractivity contribution in [2.24, 2.45) is 0 Å². The predicted molar refractivity (Wildman–Crippen MR) is 99.9 cm³/mol. The van der Waals surface area contributed by atoms with E-state index in [2.05, 4.69) is 50.3 Å². The molecule has 0 aliphatic carbocycles. The lowest BCUT2D eigenvalue weighted by atomic mass is 10.1. The standard InChI is InChI=1S/C17H22N4.2ClH/c1-2-6-16(7-3-1)8-5-11-20-12-14-21(15-13-20)17-9-4-10-18-19-17;;/h1-4,6-7,9-10H,5,8,11-15H2;2*1H. The number of benzene rings is 1. The monoisotopic (exact) mass is 354 g/mol. The Bertz CT molecular complexity index is 528. The normalized spacial score (nSPS) is 14.7. The number of anilines is 1. The lowest BCUT2D eigenvalue weighted by Gasteiger charge is -2.35. The van der Waals surface area contributed by atoms with Crippen molar-refractivity contribution in [2.75, 3.05) is 37.6 Å². The summed E-state index contributed by atoms with van der Waals surface area (Å²) >= 11 is 0. The van der Waals surface area contributed by atoms with Gasteiger partial charge in [-0.25, -0.2) is 0 Å². The molecule has 1 aromatic heterocycles.